The van der Waals surface area contributed by atoms with Gasteiger partial charge in [0.2, 0.25) is 0 Å². The lowest BCUT2D eigenvalue weighted by Crippen LogP contribution is -2.10. The highest BCUT2D eigenvalue weighted by Crippen LogP contribution is 2.45. The Kier molecular flexibility index (Phi) is 7.11. The van der Waals surface area contributed by atoms with E-state index in [-0.39, 0.29) is 5.41 Å². The van der Waals surface area contributed by atoms with Crippen LogP contribution in [-0.2, 0) is 5.41 Å². The summed E-state index contributed by atoms with van der Waals surface area (Å²) in [5.41, 5.74) is 13.0. The van der Waals surface area contributed by atoms with Crippen molar-refractivity contribution in [1.82, 2.24) is 15.0 Å². The molecule has 264 valence electrons. The third-order valence-corrected chi connectivity index (χ3v) is 11.6. The van der Waals surface area contributed by atoms with E-state index in [1.54, 1.807) is 0 Å². The summed E-state index contributed by atoms with van der Waals surface area (Å²) in [6.45, 7) is 6.87. The van der Waals surface area contributed by atoms with Crippen molar-refractivity contribution in [3.8, 4) is 44.8 Å². The maximum atomic E-state index is 5.48. The average Bonchev–Trinajstić information content (AvgIpc) is 3.24. The van der Waals surface area contributed by atoms with Crippen molar-refractivity contribution in [3.05, 3.63) is 176 Å². The average molecular weight is 716 g/mol. The number of nitrogens with zero attached hydrogens (tertiary/aromatic N) is 3. The van der Waals surface area contributed by atoms with Crippen LogP contribution in [0.25, 0.3) is 110 Å². The molecule has 0 fully saturated rings. The van der Waals surface area contributed by atoms with Gasteiger partial charge in [-0.25, -0.2) is 9.97 Å². The van der Waals surface area contributed by atoms with Gasteiger partial charge in [0.25, 0.3) is 0 Å². The molecule has 0 unspecified atom stereocenters. The fraction of sp³-hybridized carbons (Fsp3) is 0.0755. The number of benzene rings is 8. The summed E-state index contributed by atoms with van der Waals surface area (Å²) in [5.74, 6) is 0. The number of hydrogen-bond donors (Lipinski definition) is 0. The van der Waals surface area contributed by atoms with E-state index in [4.69, 9.17) is 9.97 Å². The molecule has 3 heteroatoms. The van der Waals surface area contributed by atoms with Crippen LogP contribution in [0.2, 0.25) is 0 Å². The summed E-state index contributed by atoms with van der Waals surface area (Å²) in [6, 6.07) is 59.3. The van der Waals surface area contributed by atoms with E-state index in [1.807, 2.05) is 12.3 Å². The van der Waals surface area contributed by atoms with Crippen LogP contribution in [0.5, 0.6) is 0 Å². The summed E-state index contributed by atoms with van der Waals surface area (Å²) in [5, 5.41) is 10.9. The zero-order chi connectivity index (χ0) is 37.5. The van der Waals surface area contributed by atoms with Crippen LogP contribution in [0.3, 0.4) is 0 Å². The topological polar surface area (TPSA) is 38.7 Å². The van der Waals surface area contributed by atoms with Gasteiger partial charge >= 0.3 is 0 Å². The largest absolute Gasteiger partial charge is 0.256 e. The van der Waals surface area contributed by atoms with Gasteiger partial charge < -0.3 is 0 Å². The second-order valence-corrected chi connectivity index (χ2v) is 16.1. The molecule has 11 rings (SSSR count). The van der Waals surface area contributed by atoms with Gasteiger partial charge in [-0.1, -0.05) is 148 Å². The van der Waals surface area contributed by atoms with E-state index in [2.05, 4.69) is 183 Å². The Bertz CT molecular complexity index is 3300. The van der Waals surface area contributed by atoms with Crippen LogP contribution < -0.4 is 0 Å². The first-order valence-corrected chi connectivity index (χ1v) is 19.3. The van der Waals surface area contributed by atoms with Crippen molar-refractivity contribution >= 4 is 65.0 Å². The smallest absolute Gasteiger partial charge is 0.0972 e. The molecule has 0 aliphatic rings. The number of fused-ring (bicyclic) bond motifs is 4. The van der Waals surface area contributed by atoms with E-state index in [0.717, 1.165) is 60.8 Å². The number of rotatable bonds is 4. The molecule has 0 spiro atoms. The first-order valence-electron chi connectivity index (χ1n) is 19.3. The van der Waals surface area contributed by atoms with Crippen LogP contribution in [-0.4, -0.2) is 15.0 Å². The molecule has 0 atom stereocenters. The van der Waals surface area contributed by atoms with Gasteiger partial charge in [0.15, 0.2) is 0 Å². The lowest BCUT2D eigenvalue weighted by Gasteiger charge is -2.22. The fourth-order valence-corrected chi connectivity index (χ4v) is 8.58. The minimum absolute atomic E-state index is 0.0515. The summed E-state index contributed by atoms with van der Waals surface area (Å²) in [4.78, 5) is 15.3. The third kappa shape index (κ3) is 5.23. The molecule has 0 aliphatic carbocycles. The highest BCUT2D eigenvalue weighted by Gasteiger charge is 2.21. The highest BCUT2D eigenvalue weighted by atomic mass is 14.8. The second kappa shape index (κ2) is 12.3. The highest BCUT2D eigenvalue weighted by molar-refractivity contribution is 6.28. The minimum atomic E-state index is 0.0515. The van der Waals surface area contributed by atoms with Crippen molar-refractivity contribution in [2.45, 2.75) is 26.2 Å². The number of aromatic nitrogens is 3. The maximum absolute atomic E-state index is 5.48. The summed E-state index contributed by atoms with van der Waals surface area (Å²) in [6.07, 6.45) is 1.84. The van der Waals surface area contributed by atoms with Gasteiger partial charge in [0.1, 0.15) is 0 Å². The molecule has 3 aromatic heterocycles. The first kappa shape index (κ1) is 32.5. The van der Waals surface area contributed by atoms with Gasteiger partial charge in [-0.05, 0) is 102 Å². The predicted molar refractivity (Wildman–Crippen MR) is 236 cm³/mol. The van der Waals surface area contributed by atoms with Crippen molar-refractivity contribution in [1.29, 1.82) is 0 Å². The maximum Gasteiger partial charge on any atom is 0.0972 e. The molecule has 56 heavy (non-hydrogen) atoms. The quantitative estimate of drug-likeness (QED) is 0.170. The van der Waals surface area contributed by atoms with Gasteiger partial charge in [0, 0.05) is 33.5 Å². The second-order valence-electron chi connectivity index (χ2n) is 16.1. The van der Waals surface area contributed by atoms with Crippen LogP contribution in [0.15, 0.2) is 170 Å². The van der Waals surface area contributed by atoms with Crippen molar-refractivity contribution in [3.63, 3.8) is 0 Å². The molecule has 3 heterocycles. The first-order chi connectivity index (χ1) is 27.4. The van der Waals surface area contributed by atoms with Crippen LogP contribution >= 0.6 is 0 Å². The van der Waals surface area contributed by atoms with Crippen molar-refractivity contribution < 1.29 is 0 Å². The van der Waals surface area contributed by atoms with Crippen LogP contribution in [0.1, 0.15) is 26.3 Å². The summed E-state index contributed by atoms with van der Waals surface area (Å²) < 4.78 is 0. The van der Waals surface area contributed by atoms with E-state index in [1.165, 1.54) is 54.6 Å². The molecule has 0 amide bonds. The number of hydrogen-bond acceptors (Lipinski definition) is 3. The summed E-state index contributed by atoms with van der Waals surface area (Å²) >= 11 is 0. The standard InChI is InChI=1S/C53H37N3/c1-53(2,3)41-29-39-17-22-42-44(33-8-5-4-6-9-33)31-45(43-23-18-40(30-41)49(39)50(42)43)48-26-20-36-16-15-35-19-25-47(55-51(35)52(36)56-48)34-13-11-32(12-14-34)37-21-24-46-38(28-37)10-7-27-54-46/h4-31H,1-3H3. The zero-order valence-corrected chi connectivity index (χ0v) is 31.5. The zero-order valence-electron chi connectivity index (χ0n) is 31.5. The lowest BCUT2D eigenvalue weighted by molar-refractivity contribution is 0.591. The predicted octanol–water partition coefficient (Wildman–Crippen LogP) is 14.2. The third-order valence-electron chi connectivity index (χ3n) is 11.6. The molecular weight excluding hydrogens is 679 g/mol. The molecule has 0 saturated carbocycles. The molecule has 0 saturated heterocycles. The van der Waals surface area contributed by atoms with Crippen molar-refractivity contribution in [2.75, 3.05) is 0 Å². The van der Waals surface area contributed by atoms with Crippen LogP contribution in [0, 0.1) is 0 Å². The Morgan fingerprint density at radius 2 is 1.00 bits per heavy atom. The molecule has 11 aromatic rings. The molecule has 0 radical (unpaired) electrons. The molecular formula is C53H37N3. The molecule has 0 bridgehead atoms. The Balaban J connectivity index is 1.08. The lowest BCUT2D eigenvalue weighted by atomic mass is 9.82. The molecule has 0 aliphatic heterocycles. The Morgan fingerprint density at radius 1 is 0.393 bits per heavy atom. The summed E-state index contributed by atoms with van der Waals surface area (Å²) in [7, 11) is 0. The Morgan fingerprint density at radius 3 is 1.71 bits per heavy atom. The van der Waals surface area contributed by atoms with Crippen LogP contribution in [0.4, 0.5) is 0 Å². The number of pyridine rings is 3. The monoisotopic (exact) mass is 715 g/mol. The minimum Gasteiger partial charge on any atom is -0.256 e. The van der Waals surface area contributed by atoms with Gasteiger partial charge in [-0.2, -0.15) is 0 Å². The molecule has 8 aromatic carbocycles. The van der Waals surface area contributed by atoms with E-state index in [9.17, 15) is 0 Å². The van der Waals surface area contributed by atoms with Crippen molar-refractivity contribution in [2.24, 2.45) is 0 Å². The van der Waals surface area contributed by atoms with Gasteiger partial charge in [0.05, 0.1) is 27.9 Å². The Labute approximate surface area is 325 Å². The van der Waals surface area contributed by atoms with E-state index < -0.39 is 0 Å². The fourth-order valence-electron chi connectivity index (χ4n) is 8.58. The van der Waals surface area contributed by atoms with Gasteiger partial charge in [-0.3, -0.25) is 4.98 Å². The SMILES string of the molecule is CC(C)(C)c1cc2ccc3c(-c4ccccc4)cc(-c4ccc5ccc6ccc(-c7ccc(-c8ccc9ncccc9c8)cc7)nc6c5n4)c4ccc(c1)c2c34. The Hall–Kier alpha value is -6.97. The molecule has 3 nitrogen and oxygen atoms in total. The van der Waals surface area contributed by atoms with Gasteiger partial charge in [-0.15, -0.1) is 0 Å². The van der Waals surface area contributed by atoms with E-state index >= 15 is 0 Å². The normalized spacial score (nSPS) is 12.2. The van der Waals surface area contributed by atoms with E-state index in [0.29, 0.717) is 0 Å². The molecule has 0 N–H and O–H groups in total.